The van der Waals surface area contributed by atoms with Crippen LogP contribution in [0.5, 0.6) is 0 Å². The van der Waals surface area contributed by atoms with E-state index in [1.54, 1.807) is 0 Å². The topological polar surface area (TPSA) is 96.6 Å². The first-order chi connectivity index (χ1) is 20.0. The van der Waals surface area contributed by atoms with Gasteiger partial charge in [-0.15, -0.1) is 0 Å². The summed E-state index contributed by atoms with van der Waals surface area (Å²) >= 11 is 0. The molecule has 1 unspecified atom stereocenters. The lowest BCUT2D eigenvalue weighted by molar-refractivity contribution is -0.122. The van der Waals surface area contributed by atoms with Gasteiger partial charge in [-0.1, -0.05) is 54.6 Å². The fourth-order valence-corrected chi connectivity index (χ4v) is 6.28. The maximum Gasteiger partial charge on any atom is 0.255 e. The van der Waals surface area contributed by atoms with Crippen molar-refractivity contribution in [1.82, 2.24) is 14.8 Å². The number of carbonyl (C=O) groups is 3. The molecule has 41 heavy (non-hydrogen) atoms. The van der Waals surface area contributed by atoms with Crippen molar-refractivity contribution in [3.8, 4) is 11.3 Å². The minimum Gasteiger partial charge on any atom is -0.368 e. The highest BCUT2D eigenvalue weighted by atomic mass is 16.2. The van der Waals surface area contributed by atoms with Crippen molar-refractivity contribution in [2.45, 2.75) is 50.7 Å². The summed E-state index contributed by atoms with van der Waals surface area (Å²) in [6.07, 6.45) is 5.27. The first kappa shape index (κ1) is 26.8. The Morgan fingerprint density at radius 3 is 2.56 bits per heavy atom. The molecule has 208 valence electrons. The van der Waals surface area contributed by atoms with E-state index in [2.05, 4.69) is 58.4 Å². The van der Waals surface area contributed by atoms with Crippen LogP contribution in [0.3, 0.4) is 0 Å². The molecule has 0 saturated carbocycles. The van der Waals surface area contributed by atoms with Crippen LogP contribution in [0.2, 0.25) is 0 Å². The summed E-state index contributed by atoms with van der Waals surface area (Å²) in [4.78, 5) is 44.5. The SMILES string of the molecule is NC(=O)C(CCC=O)N1Cc2cc(C3CCN(Cc4ccc5cnc(-c6ccccc6)cc5c4)CC3)ccc2C1=O. The summed E-state index contributed by atoms with van der Waals surface area (Å²) in [6, 6.07) is 24.4. The number of aromatic nitrogens is 1. The molecule has 4 aromatic rings. The average molecular weight is 547 g/mol. The van der Waals surface area contributed by atoms with Crippen molar-refractivity contribution in [3.63, 3.8) is 0 Å². The fourth-order valence-electron chi connectivity index (χ4n) is 6.28. The number of rotatable bonds is 9. The van der Waals surface area contributed by atoms with Gasteiger partial charge in [-0.2, -0.15) is 0 Å². The van der Waals surface area contributed by atoms with Gasteiger partial charge in [-0.25, -0.2) is 0 Å². The highest BCUT2D eigenvalue weighted by Gasteiger charge is 2.35. The van der Waals surface area contributed by atoms with Gasteiger partial charge in [0.2, 0.25) is 5.91 Å². The molecule has 2 N–H and O–H groups in total. The number of pyridine rings is 1. The molecule has 0 radical (unpaired) electrons. The van der Waals surface area contributed by atoms with Gasteiger partial charge in [0, 0.05) is 42.2 Å². The van der Waals surface area contributed by atoms with E-state index >= 15 is 0 Å². The Bertz CT molecular complexity index is 1590. The van der Waals surface area contributed by atoms with E-state index in [1.165, 1.54) is 21.4 Å². The second kappa shape index (κ2) is 11.6. The average Bonchev–Trinajstić information content (AvgIpc) is 3.32. The molecule has 0 aliphatic carbocycles. The van der Waals surface area contributed by atoms with Crippen molar-refractivity contribution in [3.05, 3.63) is 101 Å². The second-order valence-electron chi connectivity index (χ2n) is 11.2. The van der Waals surface area contributed by atoms with Gasteiger partial charge < -0.3 is 15.4 Å². The molecule has 7 nitrogen and oxygen atoms in total. The second-order valence-corrected chi connectivity index (χ2v) is 11.2. The largest absolute Gasteiger partial charge is 0.368 e. The lowest BCUT2D eigenvalue weighted by Crippen LogP contribution is -2.44. The Balaban J connectivity index is 1.10. The van der Waals surface area contributed by atoms with E-state index in [0.717, 1.165) is 61.0 Å². The third-order valence-corrected chi connectivity index (χ3v) is 8.54. The molecule has 3 heterocycles. The first-order valence-electron chi connectivity index (χ1n) is 14.3. The van der Waals surface area contributed by atoms with Crippen molar-refractivity contribution in [1.29, 1.82) is 0 Å². The zero-order valence-corrected chi connectivity index (χ0v) is 23.0. The molecule has 1 atom stereocenters. The van der Waals surface area contributed by atoms with Crippen LogP contribution in [0.15, 0.2) is 79.0 Å². The lowest BCUT2D eigenvalue weighted by Gasteiger charge is -2.32. The number of primary amides is 1. The zero-order chi connectivity index (χ0) is 28.3. The predicted octanol–water partition coefficient (Wildman–Crippen LogP) is 5.07. The normalized spacial score (nSPS) is 16.6. The molecular weight excluding hydrogens is 512 g/mol. The Hall–Kier alpha value is -4.36. The molecule has 0 spiro atoms. The summed E-state index contributed by atoms with van der Waals surface area (Å²) < 4.78 is 0. The van der Waals surface area contributed by atoms with Crippen LogP contribution in [0.1, 0.15) is 58.6 Å². The number of hydrogen-bond donors (Lipinski definition) is 1. The van der Waals surface area contributed by atoms with Crippen LogP contribution >= 0.6 is 0 Å². The van der Waals surface area contributed by atoms with Gasteiger partial charge in [0.15, 0.2) is 0 Å². The molecule has 2 aliphatic heterocycles. The molecule has 2 aliphatic rings. The first-order valence-corrected chi connectivity index (χ1v) is 14.3. The molecule has 0 bridgehead atoms. The van der Waals surface area contributed by atoms with Crippen molar-refractivity contribution in [2.75, 3.05) is 13.1 Å². The quantitative estimate of drug-likeness (QED) is 0.296. The van der Waals surface area contributed by atoms with E-state index in [9.17, 15) is 14.4 Å². The standard InChI is InChI=1S/C34H34N4O3/c35-33(40)32(7-4-16-39)38-22-29-18-26(10-11-30(29)34(38)41)24-12-14-37(15-13-24)21-23-8-9-27-20-36-31(19-28(27)17-23)25-5-2-1-3-6-25/h1-3,5-6,8-11,16-20,24,32H,4,7,12-15,21-22H2,(H2,35,40). The third-order valence-electron chi connectivity index (χ3n) is 8.54. The smallest absolute Gasteiger partial charge is 0.255 e. The van der Waals surface area contributed by atoms with Crippen LogP contribution in [0, 0.1) is 0 Å². The molecule has 1 fully saturated rings. The van der Waals surface area contributed by atoms with Crippen LogP contribution in [-0.4, -0.2) is 52.0 Å². The number of amides is 2. The molecular formula is C34H34N4O3. The minimum absolute atomic E-state index is 0.182. The van der Waals surface area contributed by atoms with Crippen LogP contribution < -0.4 is 5.73 Å². The van der Waals surface area contributed by atoms with E-state index in [0.29, 0.717) is 18.0 Å². The van der Waals surface area contributed by atoms with Crippen molar-refractivity contribution < 1.29 is 14.4 Å². The highest BCUT2D eigenvalue weighted by Crippen LogP contribution is 2.34. The van der Waals surface area contributed by atoms with E-state index in [4.69, 9.17) is 5.73 Å². The van der Waals surface area contributed by atoms with Gasteiger partial charge in [0.1, 0.15) is 12.3 Å². The highest BCUT2D eigenvalue weighted by molar-refractivity contribution is 6.01. The number of fused-ring (bicyclic) bond motifs is 2. The minimum atomic E-state index is -0.761. The summed E-state index contributed by atoms with van der Waals surface area (Å²) in [5.41, 5.74) is 11.8. The van der Waals surface area contributed by atoms with E-state index in [1.807, 2.05) is 30.5 Å². The maximum absolute atomic E-state index is 13.0. The molecule has 2 amide bonds. The number of aldehydes is 1. The molecule has 1 saturated heterocycles. The molecule has 3 aromatic carbocycles. The third kappa shape index (κ3) is 5.63. The van der Waals surface area contributed by atoms with Crippen LogP contribution in [0.25, 0.3) is 22.0 Å². The molecule has 1 aromatic heterocycles. The van der Waals surface area contributed by atoms with Gasteiger partial charge in [-0.05, 0) is 78.5 Å². The number of likely N-dealkylation sites (tertiary alicyclic amines) is 1. The van der Waals surface area contributed by atoms with Gasteiger partial charge >= 0.3 is 0 Å². The van der Waals surface area contributed by atoms with Crippen molar-refractivity contribution in [2.24, 2.45) is 5.73 Å². The number of carbonyl (C=O) groups excluding carboxylic acids is 3. The van der Waals surface area contributed by atoms with Crippen LogP contribution in [0.4, 0.5) is 0 Å². The van der Waals surface area contributed by atoms with E-state index in [-0.39, 0.29) is 18.7 Å². The van der Waals surface area contributed by atoms with Gasteiger partial charge in [-0.3, -0.25) is 19.5 Å². The number of nitrogens with zero attached hydrogens (tertiary/aromatic N) is 3. The number of hydrogen-bond acceptors (Lipinski definition) is 5. The van der Waals surface area contributed by atoms with Gasteiger partial charge in [0.25, 0.3) is 5.91 Å². The predicted molar refractivity (Wildman–Crippen MR) is 159 cm³/mol. The Morgan fingerprint density at radius 1 is 1.00 bits per heavy atom. The Labute approximate surface area is 240 Å². The summed E-state index contributed by atoms with van der Waals surface area (Å²) in [7, 11) is 0. The Morgan fingerprint density at radius 2 is 1.80 bits per heavy atom. The number of piperidine rings is 1. The monoisotopic (exact) mass is 546 g/mol. The van der Waals surface area contributed by atoms with E-state index < -0.39 is 11.9 Å². The fraction of sp³-hybridized carbons (Fsp3) is 0.294. The summed E-state index contributed by atoms with van der Waals surface area (Å²) in [5, 5.41) is 2.35. The molecule has 6 rings (SSSR count). The van der Waals surface area contributed by atoms with Crippen LogP contribution in [-0.2, 0) is 22.7 Å². The number of nitrogens with two attached hydrogens (primary N) is 1. The van der Waals surface area contributed by atoms with Crippen molar-refractivity contribution >= 4 is 28.9 Å². The maximum atomic E-state index is 13.0. The molecule has 7 heteroatoms. The lowest BCUT2D eigenvalue weighted by atomic mass is 9.87. The number of benzene rings is 3. The zero-order valence-electron chi connectivity index (χ0n) is 23.0. The summed E-state index contributed by atoms with van der Waals surface area (Å²) in [6.45, 7) is 3.28. The van der Waals surface area contributed by atoms with Gasteiger partial charge in [0.05, 0.1) is 5.69 Å². The Kier molecular flexibility index (Phi) is 7.61. The summed E-state index contributed by atoms with van der Waals surface area (Å²) in [5.74, 6) is -0.322.